The first kappa shape index (κ1) is 47.3. The number of benzene rings is 1. The van der Waals surface area contributed by atoms with Gasteiger partial charge < -0.3 is 18.1 Å². The second-order valence-electron chi connectivity index (χ2n) is 8.44. The van der Waals surface area contributed by atoms with Crippen molar-refractivity contribution in [3.63, 3.8) is 0 Å². The van der Waals surface area contributed by atoms with Crippen LogP contribution in [-0.2, 0) is 9.59 Å². The topological polar surface area (TPSA) is 102 Å². The molecule has 41 heavy (non-hydrogen) atoms. The van der Waals surface area contributed by atoms with Crippen molar-refractivity contribution in [2.45, 2.75) is 99.3 Å². The molecule has 1 aromatic rings. The fraction of sp³-hybridized carbons (Fsp3) is 0.655. The third-order valence-corrected chi connectivity index (χ3v) is 6.13. The Morgan fingerprint density at radius 2 is 1.54 bits per heavy atom. The van der Waals surface area contributed by atoms with E-state index in [1.165, 1.54) is 6.07 Å². The molecule has 3 saturated heterocycles. The molecule has 1 aromatic carbocycles. The van der Waals surface area contributed by atoms with Crippen LogP contribution in [0.25, 0.3) is 0 Å². The summed E-state index contributed by atoms with van der Waals surface area (Å²) in [6.07, 6.45) is 2.22. The minimum atomic E-state index is -2.84. The standard InChI is InChI=1S/C16H20BF3N4.C5H7NO2.3C2H6.CH4.CH3.Cs/c18-13-9-12(22)1-2-14(13)23-5-7-24(8-6-23)15-3-4-17(11-21)10-16(15,19)20;7-4-2-1-3-5(8)6-4;3*1-2;;;/h1-2,9,15H,3-8,10,22H2;1-3H2,(H,6,7,8);3*1-2H3;1H4;1H3;/q;;;;;;-1;+1. The molecule has 3 heterocycles. The summed E-state index contributed by atoms with van der Waals surface area (Å²) in [7, 11) is 0. The van der Waals surface area contributed by atoms with Crippen molar-refractivity contribution in [3.8, 4) is 5.97 Å². The average Bonchev–Trinajstić information content (AvgIpc) is 2.92. The van der Waals surface area contributed by atoms with Gasteiger partial charge in [0.15, 0.2) is 0 Å². The van der Waals surface area contributed by atoms with E-state index in [1.54, 1.807) is 17.0 Å². The fourth-order valence-corrected chi connectivity index (χ4v) is 4.44. The first-order chi connectivity index (χ1) is 18.2. The van der Waals surface area contributed by atoms with Gasteiger partial charge in [0.05, 0.1) is 11.7 Å². The van der Waals surface area contributed by atoms with Gasteiger partial charge >= 0.3 is 68.9 Å². The zero-order valence-electron chi connectivity index (χ0n) is 25.8. The molecule has 0 spiro atoms. The van der Waals surface area contributed by atoms with E-state index in [0.717, 1.165) is 0 Å². The van der Waals surface area contributed by atoms with E-state index in [-0.39, 0.29) is 108 Å². The zero-order chi connectivity index (χ0) is 29.3. The molecule has 2 amide bonds. The molecular formula is C29H52BCsF3N5O2. The van der Waals surface area contributed by atoms with Crippen molar-refractivity contribution < 1.29 is 91.7 Å². The van der Waals surface area contributed by atoms with Gasteiger partial charge in [-0.3, -0.25) is 19.8 Å². The number of anilines is 2. The molecule has 3 N–H and O–H groups in total. The molecule has 3 aliphatic heterocycles. The summed E-state index contributed by atoms with van der Waals surface area (Å²) in [5.41, 5.74) is 6.38. The van der Waals surface area contributed by atoms with Crippen LogP contribution in [0.1, 0.15) is 74.7 Å². The molecule has 12 heteroatoms. The first-order valence-corrected chi connectivity index (χ1v) is 13.8. The Morgan fingerprint density at radius 1 is 1.02 bits per heavy atom. The number of carbonyl (C=O) groups is 2. The number of amides is 2. The number of imide groups is 1. The van der Waals surface area contributed by atoms with Crippen LogP contribution in [0.5, 0.6) is 0 Å². The molecule has 0 bridgehead atoms. The molecule has 0 saturated carbocycles. The summed E-state index contributed by atoms with van der Waals surface area (Å²) >= 11 is 0. The van der Waals surface area contributed by atoms with Gasteiger partial charge in [-0.25, -0.2) is 18.4 Å². The van der Waals surface area contributed by atoms with Crippen molar-refractivity contribution >= 4 is 29.9 Å². The van der Waals surface area contributed by atoms with E-state index in [2.05, 4.69) is 5.32 Å². The number of hydrogen-bond donors (Lipinski definition) is 2. The van der Waals surface area contributed by atoms with Crippen LogP contribution in [0.15, 0.2) is 18.2 Å². The second kappa shape index (κ2) is 25.8. The summed E-state index contributed by atoms with van der Waals surface area (Å²) in [5, 5.41) is 11.1. The molecule has 1 atom stereocenters. The molecule has 0 aromatic heterocycles. The molecule has 230 valence electrons. The Kier molecular flexibility index (Phi) is 29.7. The summed E-state index contributed by atoms with van der Waals surface area (Å²) in [6, 6.07) is 3.73. The van der Waals surface area contributed by atoms with Crippen LogP contribution in [0.3, 0.4) is 0 Å². The smallest absolute Gasteiger partial charge is 0.399 e. The summed E-state index contributed by atoms with van der Waals surface area (Å²) in [4.78, 5) is 24.3. The van der Waals surface area contributed by atoms with Crippen molar-refractivity contribution in [3.05, 3.63) is 31.4 Å². The summed E-state index contributed by atoms with van der Waals surface area (Å²) in [6.45, 7) is 13.4. The van der Waals surface area contributed by atoms with Gasteiger partial charge in [-0.2, -0.15) is 0 Å². The maximum atomic E-state index is 14.3. The maximum Gasteiger partial charge on any atom is 1.00 e. The number of piperazine rings is 1. The molecule has 1 unspecified atom stereocenters. The van der Waals surface area contributed by atoms with E-state index in [1.807, 2.05) is 52.4 Å². The number of rotatable bonds is 2. The van der Waals surface area contributed by atoms with Crippen molar-refractivity contribution in [2.24, 2.45) is 0 Å². The van der Waals surface area contributed by atoms with Crippen LogP contribution < -0.4 is 84.8 Å². The first-order valence-electron chi connectivity index (χ1n) is 13.8. The van der Waals surface area contributed by atoms with Crippen molar-refractivity contribution in [1.82, 2.24) is 10.2 Å². The number of nitriles is 1. The quantitative estimate of drug-likeness (QED) is 0.212. The van der Waals surface area contributed by atoms with Gasteiger partial charge in [0.2, 0.25) is 11.8 Å². The number of hydrogen-bond acceptors (Lipinski definition) is 6. The van der Waals surface area contributed by atoms with E-state index < -0.39 is 18.7 Å². The van der Waals surface area contributed by atoms with Crippen LogP contribution in [0.4, 0.5) is 24.5 Å². The average molecular weight is 703 g/mol. The minimum absolute atomic E-state index is 0. The van der Waals surface area contributed by atoms with Crippen molar-refractivity contribution in [2.75, 3.05) is 36.8 Å². The van der Waals surface area contributed by atoms with Gasteiger partial charge in [-0.05, 0) is 31.0 Å². The number of alkyl halides is 2. The molecule has 3 aliphatic rings. The Labute approximate surface area is 307 Å². The van der Waals surface area contributed by atoms with E-state index in [9.17, 15) is 22.8 Å². The van der Waals surface area contributed by atoms with E-state index in [0.29, 0.717) is 69.6 Å². The van der Waals surface area contributed by atoms with Crippen LogP contribution >= 0.6 is 0 Å². The Morgan fingerprint density at radius 3 is 1.93 bits per heavy atom. The molecular weight excluding hydrogens is 651 g/mol. The van der Waals surface area contributed by atoms with Gasteiger partial charge in [-0.15, -0.1) is 0 Å². The molecule has 7 nitrogen and oxygen atoms in total. The number of nitrogen functional groups attached to an aromatic ring is 1. The van der Waals surface area contributed by atoms with Gasteiger partial charge in [-0.1, -0.05) is 55.3 Å². The number of carbonyl (C=O) groups excluding carboxylic acids is 2. The SMILES string of the molecule is C.CC.CC.CC.N#CB1CCC(N2CCN(c3ccc(N)cc3F)CC2)C(F)(F)C1.O=C1CCCC(=O)N1.[CH3-].[Cs+]. The Balaban J connectivity index is -0.000000342. The number of nitrogens with one attached hydrogen (secondary N) is 1. The van der Waals surface area contributed by atoms with E-state index >= 15 is 0 Å². The van der Waals surface area contributed by atoms with Crippen LogP contribution in [-0.4, -0.2) is 61.6 Å². The zero-order valence-corrected chi connectivity index (χ0v) is 32.1. The predicted molar refractivity (Wildman–Crippen MR) is 163 cm³/mol. The Hall–Kier alpha value is -0.683. The third-order valence-electron chi connectivity index (χ3n) is 6.13. The van der Waals surface area contributed by atoms with Crippen LogP contribution in [0.2, 0.25) is 12.6 Å². The molecule has 3 fully saturated rings. The van der Waals surface area contributed by atoms with Gasteiger partial charge in [0, 0.05) is 57.0 Å². The summed E-state index contributed by atoms with van der Waals surface area (Å²) in [5.74, 6) is -1.54. The van der Waals surface area contributed by atoms with Crippen LogP contribution in [0, 0.1) is 24.5 Å². The van der Waals surface area contributed by atoms with E-state index in [4.69, 9.17) is 11.0 Å². The predicted octanol–water partition coefficient (Wildman–Crippen LogP) is 3.48. The third kappa shape index (κ3) is 16.1. The maximum absolute atomic E-state index is 14.3. The Bertz CT molecular complexity index is 884. The molecule has 0 radical (unpaired) electrons. The summed E-state index contributed by atoms with van der Waals surface area (Å²) < 4.78 is 42.7. The number of nitrogens with two attached hydrogens (primary N) is 1. The number of nitrogens with zero attached hydrogens (tertiary/aromatic N) is 3. The largest absolute Gasteiger partial charge is 1.00 e. The second-order valence-corrected chi connectivity index (χ2v) is 8.44. The van der Waals surface area contributed by atoms with Gasteiger partial charge in [0.1, 0.15) is 5.82 Å². The normalized spacial score (nSPS) is 18.9. The fourth-order valence-electron chi connectivity index (χ4n) is 4.44. The number of halogens is 3. The van der Waals surface area contributed by atoms with Gasteiger partial charge in [0.25, 0.3) is 12.6 Å². The monoisotopic (exact) mass is 703 g/mol. The van der Waals surface area contributed by atoms with Crippen molar-refractivity contribution in [1.29, 1.82) is 5.26 Å². The minimum Gasteiger partial charge on any atom is -0.399 e. The number of piperidine rings is 1. The molecule has 0 aliphatic carbocycles. The molecule has 4 rings (SSSR count).